The molecule has 0 spiro atoms. The van der Waals surface area contributed by atoms with Crippen LogP contribution < -0.4 is 11.1 Å². The molecular formula is C7H16N4. The zero-order chi connectivity index (χ0) is 8.69. The largest absolute Gasteiger partial charge is 0.386 e. The van der Waals surface area contributed by atoms with Gasteiger partial charge in [0.15, 0.2) is 0 Å². The molecule has 1 atom stereocenters. The summed E-state index contributed by atoms with van der Waals surface area (Å²) in [6.07, 6.45) is 2.02. The number of aliphatic imine (C=N–C) groups is 1. The maximum absolute atomic E-state index is 6.64. The van der Waals surface area contributed by atoms with Crippen molar-refractivity contribution in [3.8, 4) is 0 Å². The molecule has 64 valence electrons. The minimum Gasteiger partial charge on any atom is -0.386 e. The summed E-state index contributed by atoms with van der Waals surface area (Å²) in [6, 6.07) is 0.453. The summed E-state index contributed by atoms with van der Waals surface area (Å²) < 4.78 is 0. The molecule has 0 aromatic carbocycles. The van der Waals surface area contributed by atoms with Gasteiger partial charge >= 0.3 is 0 Å². The van der Waals surface area contributed by atoms with Gasteiger partial charge in [-0.15, -0.1) is 0 Å². The third-order valence-electron chi connectivity index (χ3n) is 1.47. The van der Waals surface area contributed by atoms with Crippen molar-refractivity contribution in [2.75, 3.05) is 6.54 Å². The van der Waals surface area contributed by atoms with E-state index in [0.29, 0.717) is 18.4 Å². The van der Waals surface area contributed by atoms with Gasteiger partial charge in [-0.3, -0.25) is 5.41 Å². The Kier molecular flexibility index (Phi) is 5.37. The molecule has 0 bridgehead atoms. The molecule has 0 aromatic rings. The molecule has 0 radical (unpaired) electrons. The Balaban J connectivity index is 3.52. The Morgan fingerprint density at radius 3 is 2.91 bits per heavy atom. The van der Waals surface area contributed by atoms with E-state index in [1.54, 1.807) is 0 Å². The standard InChI is InChI=1S/C7H16N4/c1-3-6(2)10-4-7(9)11-5-8/h5-6,10H,3-4H2,1-2H3,(H3,8,9,11). The fraction of sp³-hybridized carbons (Fsp3) is 0.714. The molecule has 1 unspecified atom stereocenters. The molecule has 0 saturated heterocycles. The average Bonchev–Trinajstić information content (AvgIpc) is 2.01. The lowest BCUT2D eigenvalue weighted by molar-refractivity contribution is 0.574. The Hall–Kier alpha value is -0.900. The predicted molar refractivity (Wildman–Crippen MR) is 48.2 cm³/mol. The van der Waals surface area contributed by atoms with Crippen LogP contribution in [0, 0.1) is 5.41 Å². The number of hydrogen-bond acceptors (Lipinski definition) is 2. The highest BCUT2D eigenvalue weighted by Gasteiger charge is 1.96. The molecule has 4 N–H and O–H groups in total. The van der Waals surface area contributed by atoms with Gasteiger partial charge in [-0.25, -0.2) is 4.99 Å². The van der Waals surface area contributed by atoms with Gasteiger partial charge in [0.1, 0.15) is 12.2 Å². The third-order valence-corrected chi connectivity index (χ3v) is 1.47. The van der Waals surface area contributed by atoms with Gasteiger partial charge in [-0.2, -0.15) is 0 Å². The van der Waals surface area contributed by atoms with E-state index >= 15 is 0 Å². The molecular weight excluding hydrogens is 140 g/mol. The van der Waals surface area contributed by atoms with Crippen LogP contribution in [0.1, 0.15) is 20.3 Å². The maximum atomic E-state index is 6.64. The topological polar surface area (TPSA) is 74.3 Å². The lowest BCUT2D eigenvalue weighted by atomic mass is 10.2. The fourth-order valence-electron chi connectivity index (χ4n) is 0.552. The van der Waals surface area contributed by atoms with Gasteiger partial charge < -0.3 is 11.1 Å². The average molecular weight is 156 g/mol. The first-order valence-corrected chi connectivity index (χ1v) is 3.75. The summed E-state index contributed by atoms with van der Waals surface area (Å²) in [5.74, 6) is 0.459. The van der Waals surface area contributed by atoms with Crippen molar-refractivity contribution in [1.29, 1.82) is 5.41 Å². The van der Waals surface area contributed by atoms with Crippen LogP contribution >= 0.6 is 0 Å². The van der Waals surface area contributed by atoms with Crippen molar-refractivity contribution in [3.63, 3.8) is 0 Å². The summed E-state index contributed by atoms with van der Waals surface area (Å²) in [5.41, 5.74) is 5.42. The molecule has 0 fully saturated rings. The molecule has 0 aliphatic heterocycles. The molecule has 0 saturated carbocycles. The van der Waals surface area contributed by atoms with Crippen LogP contribution in [0.3, 0.4) is 0 Å². The highest BCUT2D eigenvalue weighted by atomic mass is 15.0. The van der Waals surface area contributed by atoms with Gasteiger partial charge in [0.05, 0.1) is 6.54 Å². The Labute approximate surface area is 67.4 Å². The van der Waals surface area contributed by atoms with E-state index in [9.17, 15) is 0 Å². The quantitative estimate of drug-likeness (QED) is 0.396. The van der Waals surface area contributed by atoms with E-state index < -0.39 is 0 Å². The number of nitrogens with two attached hydrogens (primary N) is 1. The minimum absolute atomic E-state index is 0.453. The molecule has 0 aliphatic carbocycles. The minimum atomic E-state index is 0.453. The molecule has 0 heterocycles. The lowest BCUT2D eigenvalue weighted by Crippen LogP contribution is -2.34. The maximum Gasteiger partial charge on any atom is 0.115 e. The molecule has 0 amide bonds. The van der Waals surface area contributed by atoms with E-state index in [1.165, 1.54) is 0 Å². The second-order valence-corrected chi connectivity index (χ2v) is 2.44. The van der Waals surface area contributed by atoms with Crippen molar-refractivity contribution < 1.29 is 0 Å². The molecule has 0 aromatic heterocycles. The van der Waals surface area contributed by atoms with E-state index in [-0.39, 0.29) is 0 Å². The van der Waals surface area contributed by atoms with Crippen LogP contribution in [0.25, 0.3) is 0 Å². The summed E-state index contributed by atoms with van der Waals surface area (Å²) in [7, 11) is 0. The number of nitrogens with one attached hydrogen (secondary N) is 2. The second kappa shape index (κ2) is 5.85. The monoisotopic (exact) mass is 156 g/mol. The van der Waals surface area contributed by atoms with Crippen molar-refractivity contribution >= 4 is 12.2 Å². The molecule has 4 heteroatoms. The van der Waals surface area contributed by atoms with Gasteiger partial charge in [0.2, 0.25) is 0 Å². The second-order valence-electron chi connectivity index (χ2n) is 2.44. The summed E-state index contributed by atoms with van der Waals surface area (Å²) in [5, 5.41) is 9.80. The van der Waals surface area contributed by atoms with Crippen molar-refractivity contribution in [1.82, 2.24) is 5.32 Å². The first-order chi connectivity index (χ1) is 5.20. The Morgan fingerprint density at radius 2 is 2.45 bits per heavy atom. The fourth-order valence-corrected chi connectivity index (χ4v) is 0.552. The zero-order valence-electron chi connectivity index (χ0n) is 7.09. The van der Waals surface area contributed by atoms with E-state index in [4.69, 9.17) is 11.1 Å². The zero-order valence-corrected chi connectivity index (χ0v) is 7.09. The molecule has 0 rings (SSSR count). The number of rotatable bonds is 5. The van der Waals surface area contributed by atoms with E-state index in [2.05, 4.69) is 24.2 Å². The summed E-state index contributed by atoms with van der Waals surface area (Å²) >= 11 is 0. The van der Waals surface area contributed by atoms with Gasteiger partial charge in [-0.05, 0) is 13.3 Å². The van der Waals surface area contributed by atoms with Crippen LogP contribution in [0.15, 0.2) is 4.99 Å². The number of amidine groups is 1. The first-order valence-electron chi connectivity index (χ1n) is 3.75. The summed E-state index contributed by atoms with van der Waals surface area (Å²) in [4.78, 5) is 3.60. The van der Waals surface area contributed by atoms with Crippen LogP contribution in [0.5, 0.6) is 0 Å². The summed E-state index contributed by atoms with van der Waals surface area (Å²) in [6.45, 7) is 4.74. The highest BCUT2D eigenvalue weighted by Crippen LogP contribution is 1.85. The van der Waals surface area contributed by atoms with Crippen molar-refractivity contribution in [2.45, 2.75) is 26.3 Å². The third kappa shape index (κ3) is 5.54. The highest BCUT2D eigenvalue weighted by molar-refractivity contribution is 5.88. The van der Waals surface area contributed by atoms with Gasteiger partial charge in [0, 0.05) is 6.04 Å². The van der Waals surface area contributed by atoms with Gasteiger partial charge in [0.25, 0.3) is 0 Å². The molecule has 4 nitrogen and oxygen atoms in total. The van der Waals surface area contributed by atoms with Crippen LogP contribution in [0.2, 0.25) is 0 Å². The van der Waals surface area contributed by atoms with Crippen LogP contribution in [0.4, 0.5) is 0 Å². The molecule has 0 aliphatic rings. The van der Waals surface area contributed by atoms with E-state index in [0.717, 1.165) is 12.8 Å². The lowest BCUT2D eigenvalue weighted by Gasteiger charge is -2.09. The number of hydrogen-bond donors (Lipinski definition) is 3. The van der Waals surface area contributed by atoms with Crippen LogP contribution in [-0.2, 0) is 0 Å². The van der Waals surface area contributed by atoms with Crippen molar-refractivity contribution in [3.05, 3.63) is 0 Å². The normalized spacial score (nSPS) is 14.5. The van der Waals surface area contributed by atoms with Gasteiger partial charge in [-0.1, -0.05) is 6.92 Å². The smallest absolute Gasteiger partial charge is 0.115 e. The predicted octanol–water partition coefficient (Wildman–Crippen LogP) is 0.339. The Morgan fingerprint density at radius 1 is 1.82 bits per heavy atom. The number of nitrogens with zero attached hydrogens (tertiary/aromatic N) is 1. The van der Waals surface area contributed by atoms with E-state index in [1.807, 2.05) is 0 Å². The molecule has 11 heavy (non-hydrogen) atoms. The van der Waals surface area contributed by atoms with Crippen LogP contribution in [-0.4, -0.2) is 24.8 Å². The SMILES string of the molecule is CCC(C)NCC(N)=NC=N. The van der Waals surface area contributed by atoms with Crippen molar-refractivity contribution in [2.24, 2.45) is 10.7 Å². The Bertz CT molecular complexity index is 141. The first kappa shape index (κ1) is 10.1.